The van der Waals surface area contributed by atoms with E-state index in [0.717, 1.165) is 16.8 Å². The van der Waals surface area contributed by atoms with Crippen molar-refractivity contribution in [2.75, 3.05) is 42.7 Å². The lowest BCUT2D eigenvalue weighted by Gasteiger charge is -2.35. The molecular weight excluding hydrogens is 494 g/mol. The van der Waals surface area contributed by atoms with Crippen molar-refractivity contribution >= 4 is 33.4 Å². The van der Waals surface area contributed by atoms with E-state index in [9.17, 15) is 18.0 Å². The molecule has 1 fully saturated rings. The summed E-state index contributed by atoms with van der Waals surface area (Å²) in [7, 11) is -3.23. The molecule has 1 aromatic heterocycles. The molecule has 1 aliphatic rings. The molecule has 0 radical (unpaired) electrons. The second-order valence-corrected chi connectivity index (χ2v) is 10.6. The summed E-state index contributed by atoms with van der Waals surface area (Å²) in [4.78, 5) is 31.0. The van der Waals surface area contributed by atoms with E-state index in [1.165, 1.54) is 10.6 Å². The quantitative estimate of drug-likeness (QED) is 0.466. The van der Waals surface area contributed by atoms with Crippen molar-refractivity contribution in [1.29, 1.82) is 0 Å². The fourth-order valence-electron chi connectivity index (χ4n) is 3.96. The van der Waals surface area contributed by atoms with Crippen LogP contribution in [-0.4, -0.2) is 62.1 Å². The third kappa shape index (κ3) is 7.28. The highest BCUT2D eigenvalue weighted by Gasteiger charge is 2.25. The Morgan fingerprint density at radius 1 is 0.946 bits per heavy atom. The van der Waals surface area contributed by atoms with Gasteiger partial charge in [0.25, 0.3) is 5.91 Å². The number of para-hydroxylation sites is 1. The number of hydrogen-bond acceptors (Lipinski definition) is 7. The van der Waals surface area contributed by atoms with Gasteiger partial charge < -0.3 is 20.3 Å². The molecule has 4 rings (SSSR count). The molecule has 0 spiro atoms. The monoisotopic (exact) mass is 523 g/mol. The summed E-state index contributed by atoms with van der Waals surface area (Å²) >= 11 is 0. The Balaban J connectivity index is 1.30. The van der Waals surface area contributed by atoms with Crippen molar-refractivity contribution < 1.29 is 22.7 Å². The zero-order valence-corrected chi connectivity index (χ0v) is 21.3. The van der Waals surface area contributed by atoms with Crippen LogP contribution in [0.25, 0.3) is 0 Å². The molecule has 0 aliphatic carbocycles. The van der Waals surface area contributed by atoms with Gasteiger partial charge in [-0.15, -0.1) is 0 Å². The van der Waals surface area contributed by atoms with Gasteiger partial charge in [-0.2, -0.15) is 4.31 Å². The maximum Gasteiger partial charge on any atom is 0.407 e. The van der Waals surface area contributed by atoms with Crippen LogP contribution in [0.1, 0.15) is 21.5 Å². The molecule has 37 heavy (non-hydrogen) atoms. The predicted octanol–water partition coefficient (Wildman–Crippen LogP) is 2.84. The molecule has 3 aromatic rings. The maximum absolute atomic E-state index is 13.1. The largest absolute Gasteiger partial charge is 0.445 e. The lowest BCUT2D eigenvalue weighted by atomic mass is 10.1. The molecule has 0 atom stereocenters. The molecule has 1 aliphatic heterocycles. The van der Waals surface area contributed by atoms with Gasteiger partial charge in [0, 0.05) is 62.1 Å². The molecule has 0 unspecified atom stereocenters. The Labute approximate surface area is 216 Å². The first-order valence-electron chi connectivity index (χ1n) is 11.8. The number of piperazine rings is 1. The predicted molar refractivity (Wildman–Crippen MR) is 141 cm³/mol. The number of sulfonamides is 1. The van der Waals surface area contributed by atoms with Gasteiger partial charge in [0.2, 0.25) is 10.0 Å². The fraction of sp³-hybridized carbons (Fsp3) is 0.269. The van der Waals surface area contributed by atoms with E-state index in [0.29, 0.717) is 37.4 Å². The molecular formula is C26H29N5O5S. The number of carbonyl (C=O) groups excluding carboxylic acids is 2. The summed E-state index contributed by atoms with van der Waals surface area (Å²) in [5.74, 6) is -0.258. The highest BCUT2D eigenvalue weighted by Crippen LogP contribution is 2.24. The van der Waals surface area contributed by atoms with E-state index >= 15 is 0 Å². The van der Waals surface area contributed by atoms with Crippen molar-refractivity contribution in [2.24, 2.45) is 0 Å². The summed E-state index contributed by atoms with van der Waals surface area (Å²) in [6, 6.07) is 18.0. The van der Waals surface area contributed by atoms with Crippen LogP contribution in [0.5, 0.6) is 0 Å². The number of anilines is 2. The molecule has 0 bridgehead atoms. The summed E-state index contributed by atoms with van der Waals surface area (Å²) in [5, 5.41) is 5.61. The minimum atomic E-state index is -3.23. The second-order valence-electron chi connectivity index (χ2n) is 8.61. The van der Waals surface area contributed by atoms with Crippen molar-refractivity contribution in [3.63, 3.8) is 0 Å². The molecule has 194 valence electrons. The van der Waals surface area contributed by atoms with Crippen molar-refractivity contribution in [3.8, 4) is 0 Å². The molecule has 0 saturated carbocycles. The number of alkyl carbamates (subject to hydrolysis) is 1. The minimum Gasteiger partial charge on any atom is -0.445 e. The first-order chi connectivity index (χ1) is 17.8. The van der Waals surface area contributed by atoms with Crippen molar-refractivity contribution in [2.45, 2.75) is 13.2 Å². The van der Waals surface area contributed by atoms with Gasteiger partial charge in [-0.3, -0.25) is 9.78 Å². The Kier molecular flexibility index (Phi) is 8.36. The number of amides is 2. The highest BCUT2D eigenvalue weighted by molar-refractivity contribution is 7.88. The highest BCUT2D eigenvalue weighted by atomic mass is 32.2. The van der Waals surface area contributed by atoms with E-state index in [2.05, 4.69) is 15.6 Å². The summed E-state index contributed by atoms with van der Waals surface area (Å²) in [6.45, 7) is 2.18. The van der Waals surface area contributed by atoms with Crippen LogP contribution in [-0.2, 0) is 27.9 Å². The number of ether oxygens (including phenoxy) is 1. The Morgan fingerprint density at radius 3 is 2.35 bits per heavy atom. The van der Waals surface area contributed by atoms with Crippen LogP contribution >= 0.6 is 0 Å². The number of rotatable bonds is 8. The van der Waals surface area contributed by atoms with E-state index < -0.39 is 16.1 Å². The average molecular weight is 524 g/mol. The Hall–Kier alpha value is -3.96. The number of pyridine rings is 1. The van der Waals surface area contributed by atoms with Gasteiger partial charge in [0.1, 0.15) is 6.61 Å². The zero-order valence-electron chi connectivity index (χ0n) is 20.5. The molecule has 10 nitrogen and oxygen atoms in total. The normalized spacial score (nSPS) is 14.1. The van der Waals surface area contributed by atoms with Gasteiger partial charge in [-0.05, 0) is 35.9 Å². The standard InChI is InChI=1S/C26H29N5O5S/c1-37(34,35)31-15-13-30(14-16-31)24-7-3-2-6-23(24)25(32)29-22-10-8-20(9-11-22)18-28-26(33)36-19-21-5-4-12-27-17-21/h2-12,17H,13-16,18-19H2,1H3,(H,28,33)(H,29,32). The average Bonchev–Trinajstić information content (AvgIpc) is 2.91. The number of hydrogen-bond donors (Lipinski definition) is 2. The van der Waals surface area contributed by atoms with E-state index in [4.69, 9.17) is 4.74 Å². The van der Waals surface area contributed by atoms with Gasteiger partial charge >= 0.3 is 6.09 Å². The summed E-state index contributed by atoms with van der Waals surface area (Å²) in [5.41, 5.74) is 3.54. The van der Waals surface area contributed by atoms with Crippen LogP contribution in [0.4, 0.5) is 16.2 Å². The molecule has 2 amide bonds. The third-order valence-electron chi connectivity index (χ3n) is 5.94. The number of aromatic nitrogens is 1. The lowest BCUT2D eigenvalue weighted by Crippen LogP contribution is -2.48. The number of benzene rings is 2. The third-order valence-corrected chi connectivity index (χ3v) is 7.24. The summed E-state index contributed by atoms with van der Waals surface area (Å²) < 4.78 is 30.2. The first-order valence-corrected chi connectivity index (χ1v) is 13.6. The number of nitrogens with one attached hydrogen (secondary N) is 2. The molecule has 2 aromatic carbocycles. The van der Waals surface area contributed by atoms with Crippen LogP contribution in [0, 0.1) is 0 Å². The molecule has 2 heterocycles. The van der Waals surface area contributed by atoms with E-state index in [1.807, 2.05) is 35.2 Å². The Bertz CT molecular complexity index is 1320. The summed E-state index contributed by atoms with van der Waals surface area (Å²) in [6.07, 6.45) is 3.97. The van der Waals surface area contributed by atoms with Gasteiger partial charge in [0.05, 0.1) is 11.8 Å². The topological polar surface area (TPSA) is 121 Å². The van der Waals surface area contributed by atoms with Gasteiger partial charge in [0.15, 0.2) is 0 Å². The van der Waals surface area contributed by atoms with Crippen LogP contribution < -0.4 is 15.5 Å². The van der Waals surface area contributed by atoms with Crippen LogP contribution in [0.2, 0.25) is 0 Å². The SMILES string of the molecule is CS(=O)(=O)N1CCN(c2ccccc2C(=O)Nc2ccc(CNC(=O)OCc3cccnc3)cc2)CC1. The number of nitrogens with zero attached hydrogens (tertiary/aromatic N) is 3. The van der Waals surface area contributed by atoms with E-state index in [1.54, 1.807) is 42.7 Å². The molecule has 2 N–H and O–H groups in total. The zero-order chi connectivity index (χ0) is 26.3. The smallest absolute Gasteiger partial charge is 0.407 e. The second kappa shape index (κ2) is 11.8. The number of carbonyl (C=O) groups is 2. The van der Waals surface area contributed by atoms with Crippen LogP contribution in [0.15, 0.2) is 73.1 Å². The molecule has 11 heteroatoms. The minimum absolute atomic E-state index is 0.138. The van der Waals surface area contributed by atoms with Crippen LogP contribution in [0.3, 0.4) is 0 Å². The Morgan fingerprint density at radius 2 is 1.68 bits per heavy atom. The van der Waals surface area contributed by atoms with Crippen molar-refractivity contribution in [3.05, 3.63) is 89.7 Å². The van der Waals surface area contributed by atoms with Gasteiger partial charge in [-0.1, -0.05) is 30.3 Å². The molecule has 1 saturated heterocycles. The lowest BCUT2D eigenvalue weighted by molar-refractivity contribution is 0.102. The maximum atomic E-state index is 13.1. The van der Waals surface area contributed by atoms with E-state index in [-0.39, 0.29) is 19.1 Å². The first kappa shape index (κ1) is 26.1. The van der Waals surface area contributed by atoms with Gasteiger partial charge in [-0.25, -0.2) is 13.2 Å². The van der Waals surface area contributed by atoms with Crippen molar-refractivity contribution in [1.82, 2.24) is 14.6 Å². The fourth-order valence-corrected chi connectivity index (χ4v) is 4.79.